The van der Waals surface area contributed by atoms with Gasteiger partial charge in [-0.15, -0.1) is 0 Å². The number of hydrogen-bond acceptors (Lipinski definition) is 3. The second-order valence-electron chi connectivity index (χ2n) is 5.05. The zero-order chi connectivity index (χ0) is 12.8. The van der Waals surface area contributed by atoms with Gasteiger partial charge in [-0.3, -0.25) is 0 Å². The summed E-state index contributed by atoms with van der Waals surface area (Å²) >= 11 is 0. The lowest BCUT2D eigenvalue weighted by atomic mass is 10.1. The molecular formula is C15H23NO2. The van der Waals surface area contributed by atoms with Gasteiger partial charge in [-0.1, -0.05) is 25.0 Å². The fraction of sp³-hybridized carbons (Fsp3) is 0.600. The molecule has 0 radical (unpaired) electrons. The second kappa shape index (κ2) is 6.76. The van der Waals surface area contributed by atoms with Gasteiger partial charge < -0.3 is 15.2 Å². The molecule has 0 aromatic heterocycles. The van der Waals surface area contributed by atoms with Crippen molar-refractivity contribution in [3.05, 3.63) is 29.8 Å². The molecule has 1 saturated carbocycles. The Labute approximate surface area is 109 Å². The molecule has 18 heavy (non-hydrogen) atoms. The summed E-state index contributed by atoms with van der Waals surface area (Å²) < 4.78 is 5.80. The van der Waals surface area contributed by atoms with E-state index in [2.05, 4.69) is 12.2 Å². The molecule has 100 valence electrons. The summed E-state index contributed by atoms with van der Waals surface area (Å²) in [6.07, 6.45) is 5.57. The normalized spacial score (nSPS) is 18.1. The molecule has 2 N–H and O–H groups in total. The van der Waals surface area contributed by atoms with E-state index in [9.17, 15) is 5.11 Å². The lowest BCUT2D eigenvalue weighted by molar-refractivity contribution is 0.0593. The quantitative estimate of drug-likeness (QED) is 0.761. The van der Waals surface area contributed by atoms with Gasteiger partial charge in [0.15, 0.2) is 0 Å². The molecule has 0 heterocycles. The van der Waals surface area contributed by atoms with Crippen LogP contribution in [-0.4, -0.2) is 24.4 Å². The van der Waals surface area contributed by atoms with E-state index in [-0.39, 0.29) is 6.04 Å². The van der Waals surface area contributed by atoms with Crippen LogP contribution in [0, 0.1) is 0 Å². The Morgan fingerprint density at radius 3 is 2.89 bits per heavy atom. The van der Waals surface area contributed by atoms with Gasteiger partial charge in [0, 0.05) is 12.6 Å². The van der Waals surface area contributed by atoms with Crippen LogP contribution in [-0.2, 0) is 4.74 Å². The Kier molecular flexibility index (Phi) is 5.02. The molecule has 1 unspecified atom stereocenters. The molecule has 3 heteroatoms. The summed E-state index contributed by atoms with van der Waals surface area (Å²) in [4.78, 5) is 0. The first kappa shape index (κ1) is 13.4. The molecule has 3 nitrogen and oxygen atoms in total. The number of phenols is 1. The SMILES string of the molecule is CC(NCCOC1CCCC1)c1cccc(O)c1. The Morgan fingerprint density at radius 2 is 2.17 bits per heavy atom. The van der Waals surface area contributed by atoms with Crippen LogP contribution in [0.2, 0.25) is 0 Å². The average Bonchev–Trinajstić information content (AvgIpc) is 2.87. The zero-order valence-electron chi connectivity index (χ0n) is 11.1. The first-order valence-electron chi connectivity index (χ1n) is 6.89. The number of nitrogens with one attached hydrogen (secondary N) is 1. The van der Waals surface area contributed by atoms with E-state index in [1.807, 2.05) is 12.1 Å². The highest BCUT2D eigenvalue weighted by Crippen LogP contribution is 2.21. The monoisotopic (exact) mass is 249 g/mol. The summed E-state index contributed by atoms with van der Waals surface area (Å²) in [6, 6.07) is 7.63. The van der Waals surface area contributed by atoms with Crippen molar-refractivity contribution in [2.45, 2.75) is 44.8 Å². The van der Waals surface area contributed by atoms with Crippen LogP contribution >= 0.6 is 0 Å². The van der Waals surface area contributed by atoms with Crippen molar-refractivity contribution in [1.82, 2.24) is 5.32 Å². The van der Waals surface area contributed by atoms with Crippen molar-refractivity contribution in [2.24, 2.45) is 0 Å². The van der Waals surface area contributed by atoms with Crippen molar-refractivity contribution in [2.75, 3.05) is 13.2 Å². The van der Waals surface area contributed by atoms with E-state index in [0.29, 0.717) is 11.9 Å². The first-order chi connectivity index (χ1) is 8.75. The Hall–Kier alpha value is -1.06. The maximum absolute atomic E-state index is 9.42. The summed E-state index contributed by atoms with van der Waals surface area (Å²) in [5.41, 5.74) is 1.11. The highest BCUT2D eigenvalue weighted by Gasteiger charge is 2.14. The predicted octanol–water partition coefficient (Wildman–Crippen LogP) is 3.00. The molecule has 0 saturated heterocycles. The molecule has 0 spiro atoms. The van der Waals surface area contributed by atoms with Gasteiger partial charge in [-0.2, -0.15) is 0 Å². The van der Waals surface area contributed by atoms with Crippen LogP contribution in [0.4, 0.5) is 0 Å². The van der Waals surface area contributed by atoms with Crippen molar-refractivity contribution >= 4 is 0 Å². The predicted molar refractivity (Wildman–Crippen MR) is 72.7 cm³/mol. The number of aromatic hydroxyl groups is 1. The van der Waals surface area contributed by atoms with Gasteiger partial charge in [0.05, 0.1) is 12.7 Å². The van der Waals surface area contributed by atoms with Gasteiger partial charge >= 0.3 is 0 Å². The van der Waals surface area contributed by atoms with Crippen LogP contribution < -0.4 is 5.32 Å². The van der Waals surface area contributed by atoms with E-state index in [4.69, 9.17) is 4.74 Å². The van der Waals surface area contributed by atoms with Crippen LogP contribution in [0.15, 0.2) is 24.3 Å². The Morgan fingerprint density at radius 1 is 1.39 bits per heavy atom. The van der Waals surface area contributed by atoms with Gasteiger partial charge in [-0.05, 0) is 37.5 Å². The molecule has 0 aliphatic heterocycles. The fourth-order valence-electron chi connectivity index (χ4n) is 2.47. The summed E-state index contributed by atoms with van der Waals surface area (Å²) in [5, 5.41) is 12.8. The van der Waals surface area contributed by atoms with E-state index < -0.39 is 0 Å². The third-order valence-corrected chi connectivity index (χ3v) is 3.58. The molecule has 0 amide bonds. The summed E-state index contributed by atoms with van der Waals surface area (Å²) in [7, 11) is 0. The van der Waals surface area contributed by atoms with Crippen molar-refractivity contribution < 1.29 is 9.84 Å². The molecule has 1 fully saturated rings. The smallest absolute Gasteiger partial charge is 0.115 e. The molecule has 1 aliphatic rings. The Bertz CT molecular complexity index is 361. The third-order valence-electron chi connectivity index (χ3n) is 3.58. The number of rotatable bonds is 6. The molecule has 2 rings (SSSR count). The maximum Gasteiger partial charge on any atom is 0.115 e. The highest BCUT2D eigenvalue weighted by atomic mass is 16.5. The van der Waals surface area contributed by atoms with Gasteiger partial charge in [-0.25, -0.2) is 0 Å². The van der Waals surface area contributed by atoms with Crippen molar-refractivity contribution in [3.63, 3.8) is 0 Å². The van der Waals surface area contributed by atoms with Gasteiger partial charge in [0.1, 0.15) is 5.75 Å². The second-order valence-corrected chi connectivity index (χ2v) is 5.05. The largest absolute Gasteiger partial charge is 0.508 e. The van der Waals surface area contributed by atoms with E-state index in [1.165, 1.54) is 25.7 Å². The minimum atomic E-state index is 0.240. The highest BCUT2D eigenvalue weighted by molar-refractivity contribution is 5.28. The first-order valence-corrected chi connectivity index (χ1v) is 6.89. The standard InChI is InChI=1S/C15H23NO2/c1-12(13-5-4-6-14(17)11-13)16-9-10-18-15-7-2-3-8-15/h4-6,11-12,15-17H,2-3,7-10H2,1H3. The van der Waals surface area contributed by atoms with E-state index in [0.717, 1.165) is 18.7 Å². The van der Waals surface area contributed by atoms with Crippen LogP contribution in [0.25, 0.3) is 0 Å². The molecule has 1 aliphatic carbocycles. The zero-order valence-corrected chi connectivity index (χ0v) is 11.1. The summed E-state index contributed by atoms with van der Waals surface area (Å²) in [5.74, 6) is 0.323. The number of benzene rings is 1. The van der Waals surface area contributed by atoms with E-state index >= 15 is 0 Å². The lowest BCUT2D eigenvalue weighted by Crippen LogP contribution is -2.25. The lowest BCUT2D eigenvalue weighted by Gasteiger charge is -2.16. The minimum Gasteiger partial charge on any atom is -0.508 e. The van der Waals surface area contributed by atoms with Gasteiger partial charge in [0.2, 0.25) is 0 Å². The number of ether oxygens (including phenoxy) is 1. The van der Waals surface area contributed by atoms with Crippen molar-refractivity contribution in [1.29, 1.82) is 0 Å². The minimum absolute atomic E-state index is 0.240. The molecule has 1 aromatic rings. The third kappa shape index (κ3) is 4.00. The average molecular weight is 249 g/mol. The van der Waals surface area contributed by atoms with Crippen LogP contribution in [0.1, 0.15) is 44.2 Å². The molecule has 1 atom stereocenters. The molecular weight excluding hydrogens is 226 g/mol. The number of hydrogen-bond donors (Lipinski definition) is 2. The van der Waals surface area contributed by atoms with E-state index in [1.54, 1.807) is 12.1 Å². The van der Waals surface area contributed by atoms with Crippen LogP contribution in [0.3, 0.4) is 0 Å². The molecule has 1 aromatic carbocycles. The fourth-order valence-corrected chi connectivity index (χ4v) is 2.47. The van der Waals surface area contributed by atoms with Crippen molar-refractivity contribution in [3.8, 4) is 5.75 Å². The summed E-state index contributed by atoms with van der Waals surface area (Å²) in [6.45, 7) is 3.73. The number of phenolic OH excluding ortho intramolecular Hbond substituents is 1. The topological polar surface area (TPSA) is 41.5 Å². The van der Waals surface area contributed by atoms with Gasteiger partial charge in [0.25, 0.3) is 0 Å². The molecule has 0 bridgehead atoms. The van der Waals surface area contributed by atoms with Crippen LogP contribution in [0.5, 0.6) is 5.75 Å². The Balaban J connectivity index is 1.66. The maximum atomic E-state index is 9.42.